The lowest BCUT2D eigenvalue weighted by Crippen LogP contribution is -2.46. The number of terminal acetylenes is 1. The maximum absolute atomic E-state index is 13.1. The fourth-order valence-corrected chi connectivity index (χ4v) is 4.72. The fraction of sp³-hybridized carbons (Fsp3) is 0.550. The van der Waals surface area contributed by atoms with E-state index in [2.05, 4.69) is 46.9 Å². The van der Waals surface area contributed by atoms with Crippen LogP contribution in [0.2, 0.25) is 0 Å². The Morgan fingerprint density at radius 3 is 2.62 bits per heavy atom. The molecule has 0 spiro atoms. The van der Waals surface area contributed by atoms with E-state index in [0.717, 1.165) is 44.0 Å². The van der Waals surface area contributed by atoms with E-state index in [9.17, 15) is 4.79 Å². The van der Waals surface area contributed by atoms with Gasteiger partial charge in [0.1, 0.15) is 0 Å². The Hall–Kier alpha value is -1.44. The molecule has 0 saturated carbocycles. The summed E-state index contributed by atoms with van der Waals surface area (Å²) < 4.78 is 0. The number of hydrogen-bond donors (Lipinski definition) is 0. The van der Waals surface area contributed by atoms with Gasteiger partial charge in [-0.05, 0) is 38.4 Å². The fourth-order valence-electron chi connectivity index (χ4n) is 3.63. The molecule has 2 aliphatic heterocycles. The lowest BCUT2D eigenvalue weighted by molar-refractivity contribution is -0.139. The highest BCUT2D eigenvalue weighted by Crippen LogP contribution is 2.32. The van der Waals surface area contributed by atoms with Crippen molar-refractivity contribution in [2.45, 2.75) is 25.8 Å². The maximum Gasteiger partial charge on any atom is 0.226 e. The van der Waals surface area contributed by atoms with Crippen molar-refractivity contribution in [2.75, 3.05) is 37.7 Å². The molecule has 2 aliphatic rings. The Morgan fingerprint density at radius 2 is 1.96 bits per heavy atom. The second-order valence-corrected chi connectivity index (χ2v) is 7.94. The minimum absolute atomic E-state index is 0.162. The summed E-state index contributed by atoms with van der Waals surface area (Å²) in [6.07, 6.45) is 7.27. The molecule has 24 heavy (non-hydrogen) atoms. The van der Waals surface area contributed by atoms with Crippen LogP contribution in [0.25, 0.3) is 0 Å². The average Bonchev–Trinajstić information content (AvgIpc) is 2.63. The Kier molecular flexibility index (Phi) is 5.86. The van der Waals surface area contributed by atoms with Gasteiger partial charge in [0.15, 0.2) is 0 Å². The highest BCUT2D eigenvalue weighted by atomic mass is 32.2. The number of benzene rings is 1. The van der Waals surface area contributed by atoms with Crippen molar-refractivity contribution in [1.82, 2.24) is 9.80 Å². The number of rotatable bonds is 3. The molecule has 0 unspecified atom stereocenters. The van der Waals surface area contributed by atoms with Crippen LogP contribution >= 0.6 is 11.8 Å². The monoisotopic (exact) mass is 342 g/mol. The summed E-state index contributed by atoms with van der Waals surface area (Å²) in [5.41, 5.74) is 2.53. The summed E-state index contributed by atoms with van der Waals surface area (Å²) in [7, 11) is 0. The van der Waals surface area contributed by atoms with E-state index in [4.69, 9.17) is 6.42 Å². The summed E-state index contributed by atoms with van der Waals surface area (Å²) in [5, 5.41) is 0. The Morgan fingerprint density at radius 1 is 1.25 bits per heavy atom. The first-order chi connectivity index (χ1) is 11.7. The number of amides is 1. The van der Waals surface area contributed by atoms with E-state index >= 15 is 0 Å². The van der Waals surface area contributed by atoms with Gasteiger partial charge in [0, 0.05) is 24.0 Å². The van der Waals surface area contributed by atoms with Crippen LogP contribution in [0.15, 0.2) is 24.3 Å². The van der Waals surface area contributed by atoms with Crippen LogP contribution in [0.1, 0.15) is 30.0 Å². The highest BCUT2D eigenvalue weighted by molar-refractivity contribution is 7.99. The molecule has 0 radical (unpaired) electrons. The van der Waals surface area contributed by atoms with Crippen LogP contribution in [0.5, 0.6) is 0 Å². The molecule has 1 atom stereocenters. The van der Waals surface area contributed by atoms with Crippen molar-refractivity contribution in [3.05, 3.63) is 35.4 Å². The van der Waals surface area contributed by atoms with E-state index in [1.807, 2.05) is 11.8 Å². The lowest BCUT2D eigenvalue weighted by atomic mass is 9.93. The van der Waals surface area contributed by atoms with Gasteiger partial charge in [0.25, 0.3) is 0 Å². The van der Waals surface area contributed by atoms with E-state index in [1.54, 1.807) is 0 Å². The standard InChI is InChI=1S/C20H26N2OS/c1-3-10-21-11-8-18(9-12-21)20(23)22-13-14-24-15-19(22)17-6-4-16(2)5-7-17/h1,4-7,18-19H,8-15H2,2H3/t19-/m1/s1. The molecule has 3 rings (SSSR count). The van der Waals surface area contributed by atoms with Gasteiger partial charge < -0.3 is 4.90 Å². The van der Waals surface area contributed by atoms with Crippen LogP contribution in [0.4, 0.5) is 0 Å². The predicted molar refractivity (Wildman–Crippen MR) is 101 cm³/mol. The SMILES string of the molecule is C#CCN1CCC(C(=O)N2CCSC[C@@H]2c2ccc(C)cc2)CC1. The Bertz CT molecular complexity index is 599. The normalized spacial score (nSPS) is 23.0. The van der Waals surface area contributed by atoms with Gasteiger partial charge in [-0.3, -0.25) is 9.69 Å². The van der Waals surface area contributed by atoms with Gasteiger partial charge in [-0.15, -0.1) is 6.42 Å². The first kappa shape index (κ1) is 17.4. The zero-order chi connectivity index (χ0) is 16.9. The highest BCUT2D eigenvalue weighted by Gasteiger charge is 2.34. The molecule has 2 heterocycles. The molecule has 1 aromatic carbocycles. The number of carbonyl (C=O) groups excluding carboxylic acids is 1. The largest absolute Gasteiger partial charge is 0.334 e. The molecular weight excluding hydrogens is 316 g/mol. The summed E-state index contributed by atoms with van der Waals surface area (Å²) >= 11 is 1.95. The molecule has 2 saturated heterocycles. The van der Waals surface area contributed by atoms with Gasteiger partial charge in [0.05, 0.1) is 12.6 Å². The average molecular weight is 343 g/mol. The molecule has 1 aromatic rings. The summed E-state index contributed by atoms with van der Waals surface area (Å²) in [6, 6.07) is 8.88. The van der Waals surface area contributed by atoms with Crippen molar-refractivity contribution in [1.29, 1.82) is 0 Å². The Balaban J connectivity index is 1.68. The molecule has 0 N–H and O–H groups in total. The van der Waals surface area contributed by atoms with Crippen molar-refractivity contribution in [2.24, 2.45) is 5.92 Å². The Labute approximate surface area is 149 Å². The van der Waals surface area contributed by atoms with Gasteiger partial charge in [-0.25, -0.2) is 0 Å². The number of hydrogen-bond acceptors (Lipinski definition) is 3. The number of aryl methyl sites for hydroxylation is 1. The minimum atomic E-state index is 0.162. The van der Waals surface area contributed by atoms with Crippen molar-refractivity contribution >= 4 is 17.7 Å². The molecule has 2 fully saturated rings. The third-order valence-electron chi connectivity index (χ3n) is 5.13. The van der Waals surface area contributed by atoms with Crippen LogP contribution in [-0.2, 0) is 4.79 Å². The zero-order valence-electron chi connectivity index (χ0n) is 14.4. The smallest absolute Gasteiger partial charge is 0.226 e. The molecule has 0 aromatic heterocycles. The van der Waals surface area contributed by atoms with E-state index < -0.39 is 0 Å². The van der Waals surface area contributed by atoms with Gasteiger partial charge in [-0.1, -0.05) is 35.7 Å². The molecule has 3 nitrogen and oxygen atoms in total. The lowest BCUT2D eigenvalue weighted by Gasteiger charge is -2.39. The number of nitrogens with zero attached hydrogens (tertiary/aromatic N) is 2. The number of thioether (sulfide) groups is 1. The predicted octanol–water partition coefficient (Wildman–Crippen LogP) is 2.96. The molecule has 128 valence electrons. The van der Waals surface area contributed by atoms with E-state index in [-0.39, 0.29) is 12.0 Å². The topological polar surface area (TPSA) is 23.6 Å². The van der Waals surface area contributed by atoms with Gasteiger partial charge in [-0.2, -0.15) is 11.8 Å². The quantitative estimate of drug-likeness (QED) is 0.789. The van der Waals surface area contributed by atoms with Crippen molar-refractivity contribution < 1.29 is 4.79 Å². The minimum Gasteiger partial charge on any atom is -0.334 e. The van der Waals surface area contributed by atoms with Crippen LogP contribution < -0.4 is 0 Å². The molecular formula is C20H26N2OS. The van der Waals surface area contributed by atoms with Gasteiger partial charge >= 0.3 is 0 Å². The second kappa shape index (κ2) is 8.09. The molecule has 0 aliphatic carbocycles. The summed E-state index contributed by atoms with van der Waals surface area (Å²) in [5.74, 6) is 5.27. The summed E-state index contributed by atoms with van der Waals surface area (Å²) in [4.78, 5) is 17.5. The first-order valence-electron chi connectivity index (χ1n) is 8.79. The summed E-state index contributed by atoms with van der Waals surface area (Å²) in [6.45, 7) is 5.56. The second-order valence-electron chi connectivity index (χ2n) is 6.79. The van der Waals surface area contributed by atoms with Crippen LogP contribution in [-0.4, -0.2) is 53.4 Å². The maximum atomic E-state index is 13.1. The molecule has 1 amide bonds. The molecule has 4 heteroatoms. The van der Waals surface area contributed by atoms with Gasteiger partial charge in [0.2, 0.25) is 5.91 Å². The third-order valence-corrected chi connectivity index (χ3v) is 6.15. The first-order valence-corrected chi connectivity index (χ1v) is 9.95. The number of carbonyl (C=O) groups is 1. The zero-order valence-corrected chi connectivity index (χ0v) is 15.2. The van der Waals surface area contributed by atoms with Crippen LogP contribution in [0, 0.1) is 25.2 Å². The van der Waals surface area contributed by atoms with E-state index in [0.29, 0.717) is 12.5 Å². The molecule has 0 bridgehead atoms. The number of piperidine rings is 1. The van der Waals surface area contributed by atoms with Crippen LogP contribution in [0.3, 0.4) is 0 Å². The van der Waals surface area contributed by atoms with Crippen molar-refractivity contribution in [3.63, 3.8) is 0 Å². The van der Waals surface area contributed by atoms with E-state index in [1.165, 1.54) is 11.1 Å². The number of likely N-dealkylation sites (tertiary alicyclic amines) is 1. The van der Waals surface area contributed by atoms with Crippen molar-refractivity contribution in [3.8, 4) is 12.3 Å². The third kappa shape index (κ3) is 3.96.